The second-order valence-electron chi connectivity index (χ2n) is 10.7. The van der Waals surface area contributed by atoms with Crippen LogP contribution in [0.5, 0.6) is 0 Å². The summed E-state index contributed by atoms with van der Waals surface area (Å²) < 4.78 is 1.82. The zero-order valence-electron chi connectivity index (χ0n) is 23.1. The zero-order valence-corrected chi connectivity index (χ0v) is 23.1. The molecule has 4 aromatic carbocycles. The van der Waals surface area contributed by atoms with Crippen LogP contribution < -0.4 is 10.2 Å². The highest BCUT2D eigenvalue weighted by atomic mass is 16.3. The van der Waals surface area contributed by atoms with Gasteiger partial charge in [-0.1, -0.05) is 72.8 Å². The third kappa shape index (κ3) is 4.94. The second-order valence-corrected chi connectivity index (χ2v) is 10.7. The number of hydrogen-bond acceptors (Lipinski definition) is 5. The molecule has 0 atom stereocenters. The number of amides is 1. The minimum atomic E-state index is -0.177. The Morgan fingerprint density at radius 3 is 2.48 bits per heavy atom. The fraction of sp³-hybridized carbons (Fsp3) is 0.273. The van der Waals surface area contributed by atoms with Crippen molar-refractivity contribution in [3.63, 3.8) is 0 Å². The van der Waals surface area contributed by atoms with Gasteiger partial charge >= 0.3 is 0 Å². The van der Waals surface area contributed by atoms with Crippen molar-refractivity contribution in [2.45, 2.75) is 32.6 Å². The number of carbonyl (C=O) groups excluding carboxylic acids is 1. The van der Waals surface area contributed by atoms with Crippen molar-refractivity contribution in [1.82, 2.24) is 20.0 Å². The molecule has 1 aromatic heterocycles. The number of benzene rings is 4. The third-order valence-electron chi connectivity index (χ3n) is 7.93. The van der Waals surface area contributed by atoms with E-state index in [1.165, 1.54) is 22.0 Å². The van der Waals surface area contributed by atoms with Crippen LogP contribution in [-0.2, 0) is 32.6 Å². The van der Waals surface area contributed by atoms with Crippen LogP contribution in [-0.4, -0.2) is 52.9 Å². The van der Waals surface area contributed by atoms with E-state index in [0.717, 1.165) is 47.1 Å². The summed E-state index contributed by atoms with van der Waals surface area (Å²) in [4.78, 5) is 18.1. The van der Waals surface area contributed by atoms with Crippen molar-refractivity contribution in [2.75, 3.05) is 32.1 Å². The first-order valence-corrected chi connectivity index (χ1v) is 13.9. The first kappa shape index (κ1) is 26.0. The molecular weight excluding hydrogens is 498 g/mol. The van der Waals surface area contributed by atoms with Crippen LogP contribution in [0.1, 0.15) is 32.9 Å². The first-order valence-electron chi connectivity index (χ1n) is 13.9. The molecule has 1 aliphatic heterocycles. The highest BCUT2D eigenvalue weighted by Gasteiger charge is 2.28. The van der Waals surface area contributed by atoms with Crippen molar-refractivity contribution < 1.29 is 9.90 Å². The Morgan fingerprint density at radius 2 is 1.68 bits per heavy atom. The molecule has 1 aliphatic rings. The van der Waals surface area contributed by atoms with Gasteiger partial charge < -0.3 is 15.3 Å². The molecule has 7 heteroatoms. The van der Waals surface area contributed by atoms with Gasteiger partial charge in [0.05, 0.1) is 13.2 Å². The molecule has 204 valence electrons. The number of nitrogens with one attached hydrogen (secondary N) is 1. The SMILES string of the molecule is CN(C)c1ccc(CN2CCc3c(c(C(=O)NCc4cccc5ccccc45)nn3CCO)C2)c2ccccc12. The van der Waals surface area contributed by atoms with Gasteiger partial charge in [-0.3, -0.25) is 14.4 Å². The predicted octanol–water partition coefficient (Wildman–Crippen LogP) is 4.74. The van der Waals surface area contributed by atoms with E-state index in [1.54, 1.807) is 0 Å². The van der Waals surface area contributed by atoms with Crippen LogP contribution in [0.2, 0.25) is 0 Å². The number of rotatable bonds is 8. The Labute approximate surface area is 234 Å². The summed E-state index contributed by atoms with van der Waals surface area (Å²) in [5.74, 6) is -0.177. The number of hydrogen-bond donors (Lipinski definition) is 2. The average molecular weight is 534 g/mol. The normalized spacial score (nSPS) is 13.5. The lowest BCUT2D eigenvalue weighted by Gasteiger charge is -2.28. The Hall–Kier alpha value is -4.20. The molecule has 40 heavy (non-hydrogen) atoms. The molecule has 2 N–H and O–H groups in total. The Balaban J connectivity index is 1.25. The summed E-state index contributed by atoms with van der Waals surface area (Å²) in [5.41, 5.74) is 6.02. The summed E-state index contributed by atoms with van der Waals surface area (Å²) in [6.07, 6.45) is 0.784. The molecule has 1 amide bonds. The van der Waals surface area contributed by atoms with E-state index in [9.17, 15) is 9.90 Å². The second kappa shape index (κ2) is 11.1. The summed E-state index contributed by atoms with van der Waals surface area (Å²) in [7, 11) is 4.15. The Kier molecular flexibility index (Phi) is 7.24. The summed E-state index contributed by atoms with van der Waals surface area (Å²) >= 11 is 0. The zero-order chi connectivity index (χ0) is 27.6. The van der Waals surface area contributed by atoms with Gasteiger partial charge in [-0.05, 0) is 33.4 Å². The number of carbonyl (C=O) groups is 1. The molecule has 2 heterocycles. The van der Waals surface area contributed by atoms with Crippen molar-refractivity contribution in [1.29, 1.82) is 0 Å². The van der Waals surface area contributed by atoms with Gasteiger partial charge in [0.15, 0.2) is 5.69 Å². The van der Waals surface area contributed by atoms with Crippen LogP contribution >= 0.6 is 0 Å². The smallest absolute Gasteiger partial charge is 0.272 e. The van der Waals surface area contributed by atoms with Gasteiger partial charge in [0.1, 0.15) is 0 Å². The van der Waals surface area contributed by atoms with Gasteiger partial charge in [0.25, 0.3) is 5.91 Å². The largest absolute Gasteiger partial charge is 0.394 e. The average Bonchev–Trinajstić information content (AvgIpc) is 3.33. The number of fused-ring (bicyclic) bond motifs is 3. The molecule has 0 saturated heterocycles. The maximum absolute atomic E-state index is 13.5. The van der Waals surface area contributed by atoms with Crippen LogP contribution in [0, 0.1) is 0 Å². The monoisotopic (exact) mass is 533 g/mol. The fourth-order valence-corrected chi connectivity index (χ4v) is 5.96. The van der Waals surface area contributed by atoms with E-state index in [0.29, 0.717) is 25.3 Å². The molecule has 0 bridgehead atoms. The summed E-state index contributed by atoms with van der Waals surface area (Å²) in [6.45, 7) is 3.09. The first-order chi connectivity index (χ1) is 19.5. The number of nitrogens with zero attached hydrogens (tertiary/aromatic N) is 4. The lowest BCUT2D eigenvalue weighted by molar-refractivity contribution is 0.0942. The van der Waals surface area contributed by atoms with Gasteiger partial charge in [-0.15, -0.1) is 0 Å². The van der Waals surface area contributed by atoms with Crippen molar-refractivity contribution >= 4 is 33.1 Å². The quantitative estimate of drug-likeness (QED) is 0.302. The number of anilines is 1. The molecule has 0 radical (unpaired) electrons. The molecule has 0 unspecified atom stereocenters. The molecule has 0 spiro atoms. The minimum absolute atomic E-state index is 0.0148. The van der Waals surface area contributed by atoms with E-state index in [2.05, 4.69) is 89.9 Å². The van der Waals surface area contributed by atoms with Gasteiger partial charge in [-0.25, -0.2) is 0 Å². The standard InChI is InChI=1S/C33H35N5O2/c1-36(2)30-15-14-25(27-12-5-6-13-28(27)30)21-37-17-16-31-29(22-37)32(35-38(31)18-19-39)33(40)34-20-24-10-7-9-23-8-3-4-11-26(23)24/h3-15,39H,16-22H2,1-2H3,(H,34,40). The minimum Gasteiger partial charge on any atom is -0.394 e. The van der Waals surface area contributed by atoms with E-state index >= 15 is 0 Å². The fourth-order valence-electron chi connectivity index (χ4n) is 5.96. The lowest BCUT2D eigenvalue weighted by Crippen LogP contribution is -2.32. The Bertz CT molecular complexity index is 1680. The van der Waals surface area contributed by atoms with E-state index in [1.807, 2.05) is 22.9 Å². The molecule has 0 saturated carbocycles. The topological polar surface area (TPSA) is 73.6 Å². The number of aromatic nitrogens is 2. The van der Waals surface area contributed by atoms with E-state index in [-0.39, 0.29) is 12.5 Å². The van der Waals surface area contributed by atoms with Crippen LogP contribution in [0.3, 0.4) is 0 Å². The van der Waals surface area contributed by atoms with E-state index < -0.39 is 0 Å². The molecule has 7 nitrogen and oxygen atoms in total. The number of aliphatic hydroxyl groups is 1. The molecule has 0 aliphatic carbocycles. The van der Waals surface area contributed by atoms with Crippen LogP contribution in [0.25, 0.3) is 21.5 Å². The maximum atomic E-state index is 13.5. The van der Waals surface area contributed by atoms with Gasteiger partial charge in [0.2, 0.25) is 0 Å². The van der Waals surface area contributed by atoms with E-state index in [4.69, 9.17) is 5.10 Å². The highest BCUT2D eigenvalue weighted by molar-refractivity contribution is 5.96. The van der Waals surface area contributed by atoms with Crippen molar-refractivity contribution in [3.8, 4) is 0 Å². The number of aliphatic hydroxyl groups excluding tert-OH is 1. The van der Waals surface area contributed by atoms with Crippen LogP contribution in [0.4, 0.5) is 5.69 Å². The van der Waals surface area contributed by atoms with Gasteiger partial charge in [-0.2, -0.15) is 5.10 Å². The lowest BCUT2D eigenvalue weighted by atomic mass is 9.99. The van der Waals surface area contributed by atoms with Crippen molar-refractivity contribution in [2.24, 2.45) is 0 Å². The predicted molar refractivity (Wildman–Crippen MR) is 161 cm³/mol. The Morgan fingerprint density at radius 1 is 0.925 bits per heavy atom. The highest BCUT2D eigenvalue weighted by Crippen LogP contribution is 2.31. The molecule has 6 rings (SSSR count). The molecule has 5 aromatic rings. The molecular formula is C33H35N5O2. The molecule has 0 fully saturated rings. The summed E-state index contributed by atoms with van der Waals surface area (Å²) in [6, 6.07) is 27.3. The summed E-state index contributed by atoms with van der Waals surface area (Å²) in [5, 5.41) is 22.2. The van der Waals surface area contributed by atoms with Crippen molar-refractivity contribution in [3.05, 3.63) is 107 Å². The van der Waals surface area contributed by atoms with Crippen LogP contribution in [0.15, 0.2) is 78.9 Å². The third-order valence-corrected chi connectivity index (χ3v) is 7.93. The maximum Gasteiger partial charge on any atom is 0.272 e. The van der Waals surface area contributed by atoms with Gasteiger partial charge in [0, 0.05) is 69.0 Å².